The number of fused-ring (bicyclic) bond motifs is 1. The molecule has 0 bridgehead atoms. The summed E-state index contributed by atoms with van der Waals surface area (Å²) >= 11 is 0. The van der Waals surface area contributed by atoms with Gasteiger partial charge < -0.3 is 9.14 Å². The van der Waals surface area contributed by atoms with Crippen molar-refractivity contribution in [2.24, 2.45) is 5.92 Å². The second kappa shape index (κ2) is 3.91. The van der Waals surface area contributed by atoms with E-state index in [4.69, 9.17) is 4.74 Å². The molecular weight excluding hydrogens is 200 g/mol. The molecule has 1 aliphatic heterocycles. The largest absolute Gasteiger partial charge is 0.381 e. The van der Waals surface area contributed by atoms with Gasteiger partial charge in [-0.3, -0.25) is 0 Å². The van der Waals surface area contributed by atoms with Crippen LogP contribution >= 0.6 is 0 Å². The Balaban J connectivity index is 1.91. The summed E-state index contributed by atoms with van der Waals surface area (Å²) in [6.45, 7) is 3.91. The van der Waals surface area contributed by atoms with E-state index in [2.05, 4.69) is 34.6 Å². The normalized spacial score (nSPS) is 20.7. The van der Waals surface area contributed by atoms with Crippen molar-refractivity contribution in [3.05, 3.63) is 35.9 Å². The van der Waals surface area contributed by atoms with Gasteiger partial charge in [0.25, 0.3) is 0 Å². The summed E-state index contributed by atoms with van der Waals surface area (Å²) < 4.78 is 7.59. The zero-order valence-electron chi connectivity index (χ0n) is 9.52. The van der Waals surface area contributed by atoms with Crippen molar-refractivity contribution >= 4 is 5.52 Å². The Bertz CT molecular complexity index is 498. The fraction of sp³-hybridized carbons (Fsp3) is 0.462. The van der Waals surface area contributed by atoms with Crippen molar-refractivity contribution in [1.82, 2.24) is 9.38 Å². The lowest BCUT2D eigenvalue weighted by molar-refractivity contribution is 0.185. The van der Waals surface area contributed by atoms with Gasteiger partial charge in [-0.05, 0) is 37.0 Å². The molecule has 3 heteroatoms. The quantitative estimate of drug-likeness (QED) is 0.769. The van der Waals surface area contributed by atoms with Gasteiger partial charge in [0, 0.05) is 25.8 Å². The lowest BCUT2D eigenvalue weighted by Crippen LogP contribution is -2.07. The van der Waals surface area contributed by atoms with Crippen LogP contribution in [0.25, 0.3) is 5.52 Å². The molecule has 16 heavy (non-hydrogen) atoms. The lowest BCUT2D eigenvalue weighted by Gasteiger charge is -2.06. The molecule has 3 heterocycles. The van der Waals surface area contributed by atoms with Crippen LogP contribution in [0, 0.1) is 12.8 Å². The SMILES string of the molecule is Cc1ccn2c(CC3CCOC3)ncc2c1. The number of imidazole rings is 1. The van der Waals surface area contributed by atoms with Crippen LogP contribution in [-0.4, -0.2) is 22.6 Å². The summed E-state index contributed by atoms with van der Waals surface area (Å²) in [5.74, 6) is 1.80. The molecule has 1 aliphatic rings. The number of aryl methyl sites for hydroxylation is 1. The Morgan fingerprint density at radius 1 is 1.56 bits per heavy atom. The molecule has 2 aromatic rings. The van der Waals surface area contributed by atoms with Gasteiger partial charge in [-0.1, -0.05) is 0 Å². The van der Waals surface area contributed by atoms with Gasteiger partial charge in [0.2, 0.25) is 0 Å². The lowest BCUT2D eigenvalue weighted by atomic mass is 10.1. The smallest absolute Gasteiger partial charge is 0.113 e. The number of hydrogen-bond donors (Lipinski definition) is 0. The molecule has 3 rings (SSSR count). The highest BCUT2D eigenvalue weighted by atomic mass is 16.5. The summed E-state index contributed by atoms with van der Waals surface area (Å²) in [7, 11) is 0. The summed E-state index contributed by atoms with van der Waals surface area (Å²) in [4.78, 5) is 4.51. The molecule has 0 amide bonds. The summed E-state index contributed by atoms with van der Waals surface area (Å²) in [5, 5.41) is 0. The Morgan fingerprint density at radius 2 is 2.50 bits per heavy atom. The Kier molecular flexibility index (Phi) is 2.40. The molecule has 3 nitrogen and oxygen atoms in total. The number of pyridine rings is 1. The minimum absolute atomic E-state index is 0.645. The van der Waals surface area contributed by atoms with E-state index >= 15 is 0 Å². The minimum atomic E-state index is 0.645. The first-order valence-corrected chi connectivity index (χ1v) is 5.83. The van der Waals surface area contributed by atoms with Gasteiger partial charge in [0.1, 0.15) is 5.82 Å². The first-order chi connectivity index (χ1) is 7.83. The predicted molar refractivity (Wildman–Crippen MR) is 62.6 cm³/mol. The van der Waals surface area contributed by atoms with E-state index in [0.717, 1.165) is 25.5 Å². The zero-order chi connectivity index (χ0) is 11.0. The van der Waals surface area contributed by atoms with E-state index in [1.165, 1.54) is 17.5 Å². The van der Waals surface area contributed by atoms with Crippen molar-refractivity contribution in [1.29, 1.82) is 0 Å². The van der Waals surface area contributed by atoms with Crippen LogP contribution in [0.3, 0.4) is 0 Å². The Morgan fingerprint density at radius 3 is 3.31 bits per heavy atom. The minimum Gasteiger partial charge on any atom is -0.381 e. The van der Waals surface area contributed by atoms with Gasteiger partial charge in [-0.25, -0.2) is 4.98 Å². The first-order valence-electron chi connectivity index (χ1n) is 5.83. The van der Waals surface area contributed by atoms with E-state index in [-0.39, 0.29) is 0 Å². The van der Waals surface area contributed by atoms with Crippen molar-refractivity contribution in [3.8, 4) is 0 Å². The van der Waals surface area contributed by atoms with Crippen molar-refractivity contribution < 1.29 is 4.74 Å². The van der Waals surface area contributed by atoms with Gasteiger partial charge in [0.15, 0.2) is 0 Å². The number of nitrogens with zero attached hydrogens (tertiary/aromatic N) is 2. The predicted octanol–water partition coefficient (Wildman–Crippen LogP) is 2.22. The average Bonchev–Trinajstić information content (AvgIpc) is 2.89. The van der Waals surface area contributed by atoms with E-state index in [9.17, 15) is 0 Å². The fourth-order valence-corrected chi connectivity index (χ4v) is 2.32. The van der Waals surface area contributed by atoms with Gasteiger partial charge in [-0.2, -0.15) is 0 Å². The van der Waals surface area contributed by atoms with Crippen LogP contribution in [-0.2, 0) is 11.2 Å². The number of aromatic nitrogens is 2. The number of ether oxygens (including phenoxy) is 1. The van der Waals surface area contributed by atoms with Crippen molar-refractivity contribution in [2.75, 3.05) is 13.2 Å². The van der Waals surface area contributed by atoms with Crippen LogP contribution in [0.4, 0.5) is 0 Å². The maximum Gasteiger partial charge on any atom is 0.113 e. The summed E-state index contributed by atoms with van der Waals surface area (Å²) in [6.07, 6.45) is 6.26. The maximum atomic E-state index is 5.40. The third-order valence-corrected chi connectivity index (χ3v) is 3.26. The molecule has 1 unspecified atom stereocenters. The molecule has 0 aromatic carbocycles. The van der Waals surface area contributed by atoms with Crippen LogP contribution < -0.4 is 0 Å². The molecule has 0 radical (unpaired) electrons. The average molecular weight is 216 g/mol. The van der Waals surface area contributed by atoms with Crippen LogP contribution in [0.15, 0.2) is 24.5 Å². The third-order valence-electron chi connectivity index (χ3n) is 3.26. The molecule has 2 aromatic heterocycles. The second-order valence-corrected chi connectivity index (χ2v) is 4.61. The highest BCUT2D eigenvalue weighted by molar-refractivity contribution is 5.48. The molecule has 1 fully saturated rings. The van der Waals surface area contributed by atoms with Gasteiger partial charge in [-0.15, -0.1) is 0 Å². The highest BCUT2D eigenvalue weighted by Crippen LogP contribution is 2.18. The Labute approximate surface area is 95.1 Å². The number of rotatable bonds is 2. The van der Waals surface area contributed by atoms with Crippen LogP contribution in [0.1, 0.15) is 17.8 Å². The molecule has 0 aliphatic carbocycles. The van der Waals surface area contributed by atoms with E-state index < -0.39 is 0 Å². The molecule has 1 atom stereocenters. The van der Waals surface area contributed by atoms with E-state index in [1.807, 2.05) is 6.20 Å². The van der Waals surface area contributed by atoms with E-state index in [1.54, 1.807) is 0 Å². The first kappa shape index (κ1) is 9.85. The van der Waals surface area contributed by atoms with Crippen LogP contribution in [0.5, 0.6) is 0 Å². The third kappa shape index (κ3) is 1.71. The second-order valence-electron chi connectivity index (χ2n) is 4.61. The van der Waals surface area contributed by atoms with Gasteiger partial charge >= 0.3 is 0 Å². The van der Waals surface area contributed by atoms with Crippen molar-refractivity contribution in [2.45, 2.75) is 19.8 Å². The van der Waals surface area contributed by atoms with Gasteiger partial charge in [0.05, 0.1) is 11.7 Å². The molecule has 0 N–H and O–H groups in total. The molecule has 1 saturated heterocycles. The standard InChI is InChI=1S/C13H16N2O/c1-10-2-4-15-12(6-10)8-14-13(15)7-11-3-5-16-9-11/h2,4,6,8,11H,3,5,7,9H2,1H3. The zero-order valence-corrected chi connectivity index (χ0v) is 9.52. The monoisotopic (exact) mass is 216 g/mol. The maximum absolute atomic E-state index is 5.40. The summed E-state index contributed by atoms with van der Waals surface area (Å²) in [6, 6.07) is 4.30. The molecular formula is C13H16N2O. The summed E-state index contributed by atoms with van der Waals surface area (Å²) in [5.41, 5.74) is 2.47. The molecule has 0 spiro atoms. The van der Waals surface area contributed by atoms with Crippen LogP contribution in [0.2, 0.25) is 0 Å². The Hall–Kier alpha value is -1.35. The molecule has 0 saturated carbocycles. The fourth-order valence-electron chi connectivity index (χ4n) is 2.32. The van der Waals surface area contributed by atoms with E-state index in [0.29, 0.717) is 5.92 Å². The van der Waals surface area contributed by atoms with Crippen molar-refractivity contribution in [3.63, 3.8) is 0 Å². The number of hydrogen-bond acceptors (Lipinski definition) is 2. The topological polar surface area (TPSA) is 26.5 Å². The molecule has 84 valence electrons. The highest BCUT2D eigenvalue weighted by Gasteiger charge is 2.18.